The summed E-state index contributed by atoms with van der Waals surface area (Å²) in [7, 11) is 0. The van der Waals surface area contributed by atoms with Gasteiger partial charge in [0.2, 0.25) is 5.91 Å². The van der Waals surface area contributed by atoms with Crippen molar-refractivity contribution < 1.29 is 9.53 Å². The molecular weight excluding hydrogens is 322 g/mol. The number of thiazole rings is 1. The summed E-state index contributed by atoms with van der Waals surface area (Å²) in [6.07, 6.45) is 1.38. The van der Waals surface area contributed by atoms with Crippen LogP contribution in [0.2, 0.25) is 0 Å². The van der Waals surface area contributed by atoms with Crippen molar-refractivity contribution in [2.75, 3.05) is 26.2 Å². The topological polar surface area (TPSA) is 68.5 Å². The largest absolute Gasteiger partial charge is 0.494 e. The van der Waals surface area contributed by atoms with Gasteiger partial charge in [-0.25, -0.2) is 4.98 Å². The molecular formula is C18H23N3O2S. The number of rotatable bonds is 6. The van der Waals surface area contributed by atoms with Gasteiger partial charge >= 0.3 is 0 Å². The van der Waals surface area contributed by atoms with Crippen LogP contribution in [0.15, 0.2) is 29.6 Å². The lowest BCUT2D eigenvalue weighted by atomic mass is 10.1. The molecule has 6 heteroatoms. The highest BCUT2D eigenvalue weighted by Crippen LogP contribution is 2.26. The second kappa shape index (κ2) is 7.77. The van der Waals surface area contributed by atoms with Gasteiger partial charge in [0.15, 0.2) is 0 Å². The molecule has 1 aliphatic rings. The molecule has 128 valence electrons. The number of benzene rings is 1. The Morgan fingerprint density at radius 1 is 1.42 bits per heavy atom. The van der Waals surface area contributed by atoms with Crippen LogP contribution in [0.3, 0.4) is 0 Å². The van der Waals surface area contributed by atoms with E-state index in [1.54, 1.807) is 11.3 Å². The summed E-state index contributed by atoms with van der Waals surface area (Å²) in [6, 6.07) is 7.90. The number of hydrogen-bond acceptors (Lipinski definition) is 5. The first-order valence-electron chi connectivity index (χ1n) is 8.35. The van der Waals surface area contributed by atoms with Crippen LogP contribution < -0.4 is 10.5 Å². The summed E-state index contributed by atoms with van der Waals surface area (Å²) in [6.45, 7) is 4.88. The maximum atomic E-state index is 12.4. The van der Waals surface area contributed by atoms with Crippen molar-refractivity contribution in [3.63, 3.8) is 0 Å². The van der Waals surface area contributed by atoms with Crippen molar-refractivity contribution in [1.82, 2.24) is 9.88 Å². The summed E-state index contributed by atoms with van der Waals surface area (Å²) >= 11 is 1.57. The third-order valence-electron chi connectivity index (χ3n) is 4.27. The van der Waals surface area contributed by atoms with E-state index in [-0.39, 0.29) is 5.91 Å². The average molecular weight is 345 g/mol. The van der Waals surface area contributed by atoms with E-state index in [1.165, 1.54) is 0 Å². The number of carbonyl (C=O) groups is 1. The molecule has 0 bridgehead atoms. The minimum absolute atomic E-state index is 0.148. The van der Waals surface area contributed by atoms with Gasteiger partial charge in [0, 0.05) is 24.0 Å². The van der Waals surface area contributed by atoms with E-state index in [2.05, 4.69) is 4.98 Å². The van der Waals surface area contributed by atoms with Crippen molar-refractivity contribution in [3.8, 4) is 16.3 Å². The average Bonchev–Trinajstić information content (AvgIpc) is 3.25. The Balaban J connectivity index is 1.62. The van der Waals surface area contributed by atoms with Gasteiger partial charge in [0.25, 0.3) is 0 Å². The van der Waals surface area contributed by atoms with Crippen molar-refractivity contribution in [1.29, 1.82) is 0 Å². The van der Waals surface area contributed by atoms with Gasteiger partial charge in [-0.1, -0.05) is 0 Å². The fourth-order valence-corrected chi connectivity index (χ4v) is 3.73. The number of likely N-dealkylation sites (tertiary alicyclic amines) is 1. The number of carbonyl (C=O) groups excluding carboxylic acids is 1. The Morgan fingerprint density at radius 3 is 2.88 bits per heavy atom. The highest BCUT2D eigenvalue weighted by Gasteiger charge is 2.25. The molecule has 2 N–H and O–H groups in total. The van der Waals surface area contributed by atoms with Gasteiger partial charge in [0.05, 0.1) is 18.7 Å². The van der Waals surface area contributed by atoms with Crippen molar-refractivity contribution >= 4 is 17.2 Å². The molecule has 1 aliphatic heterocycles. The number of nitrogens with two attached hydrogens (primary N) is 1. The molecule has 1 saturated heterocycles. The Morgan fingerprint density at radius 2 is 2.21 bits per heavy atom. The lowest BCUT2D eigenvalue weighted by Crippen LogP contribution is -2.31. The van der Waals surface area contributed by atoms with E-state index in [1.807, 2.05) is 41.5 Å². The van der Waals surface area contributed by atoms with E-state index >= 15 is 0 Å². The highest BCUT2D eigenvalue weighted by atomic mass is 32.1. The molecule has 3 rings (SSSR count). The highest BCUT2D eigenvalue weighted by molar-refractivity contribution is 7.13. The quantitative estimate of drug-likeness (QED) is 0.874. The van der Waals surface area contributed by atoms with E-state index in [4.69, 9.17) is 10.5 Å². The summed E-state index contributed by atoms with van der Waals surface area (Å²) in [5.74, 6) is 1.45. The Labute approximate surface area is 146 Å². The Hall–Kier alpha value is -1.92. The molecule has 0 spiro atoms. The van der Waals surface area contributed by atoms with Gasteiger partial charge in [0.1, 0.15) is 10.8 Å². The standard InChI is InChI=1S/C18H23N3O2S/c1-2-23-16-5-3-14(4-6-16)18-20-15(12-24-18)9-17(22)21-8-7-13(10-19)11-21/h3-6,12-13H,2,7-11,19H2,1H3. The first-order valence-corrected chi connectivity index (χ1v) is 9.23. The third kappa shape index (κ3) is 3.94. The summed E-state index contributed by atoms with van der Waals surface area (Å²) < 4.78 is 5.45. The van der Waals surface area contributed by atoms with Gasteiger partial charge in [-0.2, -0.15) is 0 Å². The third-order valence-corrected chi connectivity index (χ3v) is 5.21. The van der Waals surface area contributed by atoms with Crippen LogP contribution in [0, 0.1) is 5.92 Å². The van der Waals surface area contributed by atoms with Crippen molar-refractivity contribution in [3.05, 3.63) is 35.3 Å². The smallest absolute Gasteiger partial charge is 0.228 e. The summed E-state index contributed by atoms with van der Waals surface area (Å²) in [5.41, 5.74) is 7.57. The fraction of sp³-hybridized carbons (Fsp3) is 0.444. The zero-order valence-electron chi connectivity index (χ0n) is 13.9. The minimum atomic E-state index is 0.148. The molecule has 1 unspecified atom stereocenters. The van der Waals surface area contributed by atoms with E-state index in [0.29, 0.717) is 25.5 Å². The molecule has 0 radical (unpaired) electrons. The number of amides is 1. The second-order valence-corrected chi connectivity index (χ2v) is 6.87. The zero-order chi connectivity index (χ0) is 16.9. The molecule has 1 aromatic carbocycles. The SMILES string of the molecule is CCOc1ccc(-c2nc(CC(=O)N3CCC(CN)C3)cs2)cc1. The molecule has 2 heterocycles. The minimum Gasteiger partial charge on any atom is -0.494 e. The van der Waals surface area contributed by atoms with Gasteiger partial charge < -0.3 is 15.4 Å². The maximum absolute atomic E-state index is 12.4. The van der Waals surface area contributed by atoms with Crippen LogP contribution in [-0.2, 0) is 11.2 Å². The normalized spacial score (nSPS) is 17.2. The Kier molecular flexibility index (Phi) is 5.48. The lowest BCUT2D eigenvalue weighted by molar-refractivity contribution is -0.129. The lowest BCUT2D eigenvalue weighted by Gasteiger charge is -2.15. The van der Waals surface area contributed by atoms with Crippen molar-refractivity contribution in [2.24, 2.45) is 11.7 Å². The Bertz CT molecular complexity index is 684. The number of ether oxygens (including phenoxy) is 1. The molecule has 0 aliphatic carbocycles. The molecule has 1 amide bonds. The van der Waals surface area contributed by atoms with E-state index in [0.717, 1.165) is 41.5 Å². The fourth-order valence-electron chi connectivity index (χ4n) is 2.90. The van der Waals surface area contributed by atoms with E-state index < -0.39 is 0 Å². The first kappa shape index (κ1) is 16.9. The zero-order valence-corrected chi connectivity index (χ0v) is 14.7. The molecule has 2 aromatic rings. The number of nitrogens with zero attached hydrogens (tertiary/aromatic N) is 2. The molecule has 1 fully saturated rings. The predicted octanol–water partition coefficient (Wildman–Crippen LogP) is 2.56. The second-order valence-electron chi connectivity index (χ2n) is 6.01. The molecule has 1 atom stereocenters. The van der Waals surface area contributed by atoms with Crippen molar-refractivity contribution in [2.45, 2.75) is 19.8 Å². The van der Waals surface area contributed by atoms with Crippen LogP contribution in [0.1, 0.15) is 19.0 Å². The van der Waals surface area contributed by atoms with Gasteiger partial charge in [-0.05, 0) is 50.1 Å². The van der Waals surface area contributed by atoms with E-state index in [9.17, 15) is 4.79 Å². The maximum Gasteiger partial charge on any atom is 0.228 e. The predicted molar refractivity (Wildman–Crippen MR) is 96.2 cm³/mol. The number of aromatic nitrogens is 1. The molecule has 24 heavy (non-hydrogen) atoms. The van der Waals surface area contributed by atoms with Crippen LogP contribution in [0.25, 0.3) is 10.6 Å². The van der Waals surface area contributed by atoms with Crippen LogP contribution in [0.4, 0.5) is 0 Å². The molecule has 1 aromatic heterocycles. The number of hydrogen-bond donors (Lipinski definition) is 1. The molecule has 5 nitrogen and oxygen atoms in total. The molecule has 0 saturated carbocycles. The van der Waals surface area contributed by atoms with Crippen LogP contribution in [-0.4, -0.2) is 42.0 Å². The summed E-state index contributed by atoms with van der Waals surface area (Å²) in [4.78, 5) is 18.9. The monoisotopic (exact) mass is 345 g/mol. The first-order chi connectivity index (χ1) is 11.7. The van der Waals surface area contributed by atoms with Gasteiger partial charge in [-0.3, -0.25) is 4.79 Å². The van der Waals surface area contributed by atoms with Crippen LogP contribution in [0.5, 0.6) is 5.75 Å². The summed E-state index contributed by atoms with van der Waals surface area (Å²) in [5, 5.41) is 2.90. The van der Waals surface area contributed by atoms with Gasteiger partial charge in [-0.15, -0.1) is 11.3 Å². The van der Waals surface area contributed by atoms with Crippen LogP contribution >= 0.6 is 11.3 Å².